The van der Waals surface area contributed by atoms with Gasteiger partial charge in [-0.15, -0.1) is 0 Å². The Morgan fingerprint density at radius 3 is 2.71 bits per heavy atom. The molecule has 1 amide bonds. The Hall–Kier alpha value is -2.41. The lowest BCUT2D eigenvalue weighted by atomic mass is 10.1. The first-order valence-electron chi connectivity index (χ1n) is 9.56. The van der Waals surface area contributed by atoms with Crippen molar-refractivity contribution in [2.75, 3.05) is 7.05 Å². The lowest BCUT2D eigenvalue weighted by Crippen LogP contribution is -2.36. The van der Waals surface area contributed by atoms with Crippen molar-refractivity contribution in [2.45, 2.75) is 52.6 Å². The maximum atomic E-state index is 12.8. The summed E-state index contributed by atoms with van der Waals surface area (Å²) in [6, 6.07) is 5.45. The van der Waals surface area contributed by atoms with Crippen molar-refractivity contribution in [3.05, 3.63) is 50.7 Å². The van der Waals surface area contributed by atoms with Crippen LogP contribution in [0.3, 0.4) is 0 Å². The van der Waals surface area contributed by atoms with Crippen LogP contribution in [0.5, 0.6) is 0 Å². The van der Waals surface area contributed by atoms with E-state index in [-0.39, 0.29) is 24.2 Å². The van der Waals surface area contributed by atoms with Crippen LogP contribution < -0.4 is 11.0 Å². The predicted molar refractivity (Wildman–Crippen MR) is 110 cm³/mol. The zero-order chi connectivity index (χ0) is 20.4. The van der Waals surface area contributed by atoms with E-state index < -0.39 is 0 Å². The van der Waals surface area contributed by atoms with Crippen molar-refractivity contribution < 1.29 is 4.79 Å². The van der Waals surface area contributed by atoms with Gasteiger partial charge in [0.2, 0.25) is 5.91 Å². The number of aliphatic imine (C=N–C) groups is 1. The smallest absolute Gasteiger partial charge is 0.348 e. The molecule has 150 valence electrons. The first-order valence-corrected chi connectivity index (χ1v) is 9.94. The molecular formula is C20H26ClN5O2. The minimum absolute atomic E-state index is 0.128. The van der Waals surface area contributed by atoms with Crippen molar-refractivity contribution in [3.63, 3.8) is 0 Å². The molecule has 0 bridgehead atoms. The second-order valence-corrected chi connectivity index (χ2v) is 7.61. The van der Waals surface area contributed by atoms with Gasteiger partial charge in [0.15, 0.2) is 0 Å². The van der Waals surface area contributed by atoms with Crippen molar-refractivity contribution in [1.29, 1.82) is 0 Å². The lowest BCUT2D eigenvalue weighted by Gasteiger charge is -2.15. The molecule has 1 atom stereocenters. The summed E-state index contributed by atoms with van der Waals surface area (Å²) in [7, 11) is 1.69. The summed E-state index contributed by atoms with van der Waals surface area (Å²) >= 11 is 6.07. The number of benzene rings is 1. The average molecular weight is 404 g/mol. The van der Waals surface area contributed by atoms with Crippen molar-refractivity contribution in [2.24, 2.45) is 10.9 Å². The van der Waals surface area contributed by atoms with Crippen LogP contribution >= 0.6 is 11.6 Å². The number of hydrogen-bond donors (Lipinski definition) is 1. The molecule has 3 rings (SSSR count). The molecule has 8 heteroatoms. The number of aryl methyl sites for hydroxylation is 2. The van der Waals surface area contributed by atoms with Crippen LogP contribution in [0.2, 0.25) is 5.02 Å². The highest BCUT2D eigenvalue weighted by atomic mass is 35.5. The highest BCUT2D eigenvalue weighted by Crippen LogP contribution is 2.31. The molecule has 1 aromatic carbocycles. The van der Waals surface area contributed by atoms with Crippen LogP contribution in [-0.2, 0) is 17.8 Å². The Bertz CT molecular complexity index is 971. The third kappa shape index (κ3) is 4.19. The molecule has 1 aliphatic rings. The molecule has 1 N–H and O–H groups in total. The van der Waals surface area contributed by atoms with E-state index in [9.17, 15) is 9.59 Å². The Morgan fingerprint density at radius 1 is 1.43 bits per heavy atom. The summed E-state index contributed by atoms with van der Waals surface area (Å²) in [4.78, 5) is 29.7. The number of aromatic nitrogens is 3. The number of amides is 1. The van der Waals surface area contributed by atoms with E-state index in [0.29, 0.717) is 23.2 Å². The molecule has 7 nitrogen and oxygen atoms in total. The summed E-state index contributed by atoms with van der Waals surface area (Å²) in [5.74, 6) is 1.42. The number of nitrogens with one attached hydrogen (secondary N) is 1. The van der Waals surface area contributed by atoms with Crippen molar-refractivity contribution in [1.82, 2.24) is 19.7 Å². The van der Waals surface area contributed by atoms with Gasteiger partial charge in [0.1, 0.15) is 18.2 Å². The molecule has 1 saturated carbocycles. The predicted octanol–water partition coefficient (Wildman–Crippen LogP) is 2.73. The van der Waals surface area contributed by atoms with E-state index in [4.69, 9.17) is 11.6 Å². The van der Waals surface area contributed by atoms with Gasteiger partial charge >= 0.3 is 5.69 Å². The summed E-state index contributed by atoms with van der Waals surface area (Å²) in [5.41, 5.74) is 1.60. The van der Waals surface area contributed by atoms with Crippen molar-refractivity contribution in [3.8, 4) is 0 Å². The quantitative estimate of drug-likeness (QED) is 0.594. The van der Waals surface area contributed by atoms with Crippen LogP contribution in [0.4, 0.5) is 0 Å². The molecular weight excluding hydrogens is 378 g/mol. The van der Waals surface area contributed by atoms with Crippen LogP contribution in [-0.4, -0.2) is 33.1 Å². The van der Waals surface area contributed by atoms with Gasteiger partial charge in [-0.2, -0.15) is 5.10 Å². The summed E-state index contributed by atoms with van der Waals surface area (Å²) in [6.45, 7) is 5.63. The Labute approximate surface area is 169 Å². The molecule has 2 aromatic rings. The zero-order valence-corrected chi connectivity index (χ0v) is 17.5. The third-order valence-electron chi connectivity index (χ3n) is 4.98. The largest absolute Gasteiger partial charge is 0.352 e. The van der Waals surface area contributed by atoms with Crippen molar-refractivity contribution >= 4 is 23.3 Å². The van der Waals surface area contributed by atoms with E-state index in [0.717, 1.165) is 29.8 Å². The Morgan fingerprint density at radius 2 is 2.14 bits per heavy atom. The SMILES string of the molecule is CCc1nn(CC(=O)N[C@@H](C)c2ccc(Cl)c(C)c2)c(=O)n1C(=NC)C1CC1. The van der Waals surface area contributed by atoms with Gasteiger partial charge in [0.25, 0.3) is 0 Å². The fourth-order valence-corrected chi connectivity index (χ4v) is 3.38. The van der Waals surface area contributed by atoms with Gasteiger partial charge in [-0.25, -0.2) is 14.0 Å². The first kappa shape index (κ1) is 20.3. The number of carbonyl (C=O) groups excluding carboxylic acids is 1. The van der Waals surface area contributed by atoms with Gasteiger partial charge in [-0.05, 0) is 43.9 Å². The van der Waals surface area contributed by atoms with Crippen LogP contribution in [0.1, 0.15) is 49.7 Å². The maximum absolute atomic E-state index is 12.8. The number of carbonyl (C=O) groups is 1. The summed E-state index contributed by atoms with van der Waals surface area (Å²) in [5, 5.41) is 7.97. The molecule has 0 saturated heterocycles. The first-order chi connectivity index (χ1) is 13.3. The Kier molecular flexibility index (Phi) is 6.03. The van der Waals surface area contributed by atoms with E-state index in [1.54, 1.807) is 11.6 Å². The van der Waals surface area contributed by atoms with E-state index in [2.05, 4.69) is 15.4 Å². The van der Waals surface area contributed by atoms with Gasteiger partial charge in [0.05, 0.1) is 6.04 Å². The van der Waals surface area contributed by atoms with Crippen LogP contribution in [0, 0.1) is 12.8 Å². The van der Waals surface area contributed by atoms with E-state index in [1.807, 2.05) is 39.0 Å². The monoisotopic (exact) mass is 403 g/mol. The Balaban J connectivity index is 1.76. The molecule has 0 aliphatic heterocycles. The van der Waals surface area contributed by atoms with E-state index >= 15 is 0 Å². The van der Waals surface area contributed by atoms with Crippen LogP contribution in [0.15, 0.2) is 28.0 Å². The summed E-state index contributed by atoms with van der Waals surface area (Å²) in [6.07, 6.45) is 2.66. The average Bonchev–Trinajstić information content (AvgIpc) is 3.45. The molecule has 0 radical (unpaired) electrons. The molecule has 1 aliphatic carbocycles. The number of nitrogens with zero attached hydrogens (tertiary/aromatic N) is 4. The molecule has 28 heavy (non-hydrogen) atoms. The molecule has 1 fully saturated rings. The number of halogens is 1. The highest BCUT2D eigenvalue weighted by molar-refractivity contribution is 6.31. The van der Waals surface area contributed by atoms with E-state index in [1.165, 1.54) is 4.68 Å². The van der Waals surface area contributed by atoms with Gasteiger partial charge in [0, 0.05) is 24.4 Å². The van der Waals surface area contributed by atoms with Crippen LogP contribution in [0.25, 0.3) is 0 Å². The van der Waals surface area contributed by atoms with Gasteiger partial charge in [-0.1, -0.05) is 30.7 Å². The number of rotatable bonds is 6. The third-order valence-corrected chi connectivity index (χ3v) is 5.40. The van der Waals surface area contributed by atoms with Gasteiger partial charge in [-0.3, -0.25) is 9.79 Å². The molecule has 1 heterocycles. The fourth-order valence-electron chi connectivity index (χ4n) is 3.27. The second-order valence-electron chi connectivity index (χ2n) is 7.20. The topological polar surface area (TPSA) is 81.3 Å². The molecule has 0 spiro atoms. The minimum atomic E-state index is -0.311. The maximum Gasteiger partial charge on any atom is 0.352 e. The second kappa shape index (κ2) is 8.31. The highest BCUT2D eigenvalue weighted by Gasteiger charge is 2.31. The fraction of sp³-hybridized carbons (Fsp3) is 0.500. The molecule has 0 unspecified atom stereocenters. The number of hydrogen-bond acceptors (Lipinski definition) is 4. The van der Waals surface area contributed by atoms with Gasteiger partial charge < -0.3 is 5.32 Å². The minimum Gasteiger partial charge on any atom is -0.348 e. The lowest BCUT2D eigenvalue weighted by molar-refractivity contribution is -0.122. The molecule has 1 aromatic heterocycles. The normalized spacial score (nSPS) is 15.5. The zero-order valence-electron chi connectivity index (χ0n) is 16.7. The summed E-state index contributed by atoms with van der Waals surface area (Å²) < 4.78 is 2.79. The standard InChI is InChI=1S/C20H26ClN5O2/c1-5-17-24-25(20(28)26(17)19(22-4)14-6-7-14)11-18(27)23-13(3)15-8-9-16(21)12(2)10-15/h8-10,13-14H,5-7,11H2,1-4H3,(H,23,27)/t13-/m0/s1.